The number of nitrogens with two attached hydrogens (primary N) is 4. The Labute approximate surface area is 154 Å². The lowest BCUT2D eigenvalue weighted by molar-refractivity contribution is 0.0693. The number of para-hydroxylation sites is 1. The molecule has 0 aliphatic heterocycles. The molecule has 0 aromatic heterocycles. The number of carbonyl (C=O) groups is 1. The van der Waals surface area contributed by atoms with Crippen LogP contribution in [0.4, 0.5) is 22.7 Å². The first-order valence-corrected chi connectivity index (χ1v) is 7.87. The molecule has 0 heterocycles. The zero-order chi connectivity index (χ0) is 19.6. The van der Waals surface area contributed by atoms with Crippen molar-refractivity contribution in [2.45, 2.75) is 0 Å². The maximum Gasteiger partial charge on any atom is 0.339 e. The van der Waals surface area contributed by atoms with E-state index in [1.54, 1.807) is 30.3 Å². The second-order valence-corrected chi connectivity index (χ2v) is 5.74. The fraction of sp³-hybridized carbons (Fsp3) is 0. The van der Waals surface area contributed by atoms with Gasteiger partial charge in [0.05, 0.1) is 11.4 Å². The van der Waals surface area contributed by atoms with Crippen LogP contribution < -0.4 is 32.4 Å². The summed E-state index contributed by atoms with van der Waals surface area (Å²) < 4.78 is 11.6. The van der Waals surface area contributed by atoms with Crippen molar-refractivity contribution in [3.05, 3.63) is 60.2 Å². The number of rotatable bonds is 5. The highest BCUT2D eigenvalue weighted by atomic mass is 16.5. The summed E-state index contributed by atoms with van der Waals surface area (Å²) in [7, 11) is 0. The normalized spacial score (nSPS) is 10.4. The van der Waals surface area contributed by atoms with Gasteiger partial charge in [0.25, 0.3) is 0 Å². The van der Waals surface area contributed by atoms with Gasteiger partial charge in [-0.25, -0.2) is 4.79 Å². The Kier molecular flexibility index (Phi) is 4.63. The number of hydrogen-bond donors (Lipinski definition) is 5. The largest absolute Gasteiger partial charge is 0.478 e. The Balaban J connectivity index is 2.06. The number of ether oxygens (including phenoxy) is 2. The molecule has 0 aliphatic carbocycles. The van der Waals surface area contributed by atoms with Gasteiger partial charge in [-0.3, -0.25) is 0 Å². The zero-order valence-corrected chi connectivity index (χ0v) is 14.2. The number of aromatic carboxylic acids is 1. The fourth-order valence-electron chi connectivity index (χ4n) is 2.42. The van der Waals surface area contributed by atoms with Crippen LogP contribution in [-0.4, -0.2) is 11.1 Å². The van der Waals surface area contributed by atoms with Crippen LogP contribution in [0.25, 0.3) is 0 Å². The van der Waals surface area contributed by atoms with Crippen molar-refractivity contribution in [1.29, 1.82) is 0 Å². The summed E-state index contributed by atoms with van der Waals surface area (Å²) in [4.78, 5) is 11.6. The topological polar surface area (TPSA) is 160 Å². The molecule has 8 heteroatoms. The molecule has 3 rings (SSSR count). The second-order valence-electron chi connectivity index (χ2n) is 5.74. The van der Waals surface area contributed by atoms with Gasteiger partial charge in [0.2, 0.25) is 0 Å². The minimum Gasteiger partial charge on any atom is -0.478 e. The van der Waals surface area contributed by atoms with Crippen LogP contribution in [0.1, 0.15) is 10.4 Å². The molecule has 0 radical (unpaired) electrons. The summed E-state index contributed by atoms with van der Waals surface area (Å²) in [5.74, 6) is -0.495. The van der Waals surface area contributed by atoms with E-state index in [1.807, 2.05) is 0 Å². The first-order valence-electron chi connectivity index (χ1n) is 7.87. The molecule has 3 aromatic rings. The van der Waals surface area contributed by atoms with Gasteiger partial charge in [-0.1, -0.05) is 6.07 Å². The summed E-state index contributed by atoms with van der Waals surface area (Å²) in [6, 6.07) is 13.9. The predicted octanol–water partition coefficient (Wildman–Crippen LogP) is 3.30. The summed E-state index contributed by atoms with van der Waals surface area (Å²) in [5.41, 5.74) is 24.6. The second kappa shape index (κ2) is 7.04. The van der Waals surface area contributed by atoms with Crippen LogP contribution in [0, 0.1) is 0 Å². The Hall–Kier alpha value is -4.07. The molecule has 138 valence electrons. The summed E-state index contributed by atoms with van der Waals surface area (Å²) in [6.45, 7) is 0. The Morgan fingerprint density at radius 2 is 1.30 bits per heavy atom. The van der Waals surface area contributed by atoms with Gasteiger partial charge in [0.15, 0.2) is 23.0 Å². The Morgan fingerprint density at radius 1 is 0.741 bits per heavy atom. The number of nitrogen functional groups attached to an aromatic ring is 4. The molecule has 9 N–H and O–H groups in total. The van der Waals surface area contributed by atoms with Gasteiger partial charge in [-0.2, -0.15) is 0 Å². The van der Waals surface area contributed by atoms with Gasteiger partial charge < -0.3 is 37.5 Å². The minimum atomic E-state index is -1.19. The lowest BCUT2D eigenvalue weighted by Gasteiger charge is -2.16. The van der Waals surface area contributed by atoms with E-state index in [0.717, 1.165) is 0 Å². The molecule has 0 spiro atoms. The van der Waals surface area contributed by atoms with E-state index in [0.29, 0.717) is 22.8 Å². The number of benzene rings is 3. The molecule has 8 nitrogen and oxygen atoms in total. The molecule has 0 unspecified atom stereocenters. The van der Waals surface area contributed by atoms with E-state index in [-0.39, 0.29) is 28.5 Å². The summed E-state index contributed by atoms with van der Waals surface area (Å²) >= 11 is 0. The van der Waals surface area contributed by atoms with Crippen molar-refractivity contribution < 1.29 is 19.4 Å². The Morgan fingerprint density at radius 3 is 1.81 bits per heavy atom. The highest BCUT2D eigenvalue weighted by molar-refractivity contribution is 5.92. The molecular formula is C19H18N4O4. The number of carboxylic acids is 1. The van der Waals surface area contributed by atoms with Gasteiger partial charge in [-0.15, -0.1) is 0 Å². The summed E-state index contributed by atoms with van der Waals surface area (Å²) in [6.07, 6.45) is 0. The maximum absolute atomic E-state index is 11.6. The molecule has 0 aliphatic rings. The molecular weight excluding hydrogens is 348 g/mol. The third kappa shape index (κ3) is 3.79. The molecule has 3 aromatic carbocycles. The van der Waals surface area contributed by atoms with Crippen molar-refractivity contribution in [2.75, 3.05) is 22.9 Å². The smallest absolute Gasteiger partial charge is 0.339 e. The van der Waals surface area contributed by atoms with Crippen molar-refractivity contribution in [2.24, 2.45) is 0 Å². The Bertz CT molecular complexity index is 1020. The van der Waals surface area contributed by atoms with E-state index in [2.05, 4.69) is 0 Å². The van der Waals surface area contributed by atoms with Gasteiger partial charge in [0, 0.05) is 11.4 Å². The van der Waals surface area contributed by atoms with E-state index >= 15 is 0 Å². The molecule has 27 heavy (non-hydrogen) atoms. The van der Waals surface area contributed by atoms with Crippen LogP contribution in [0.3, 0.4) is 0 Å². The van der Waals surface area contributed by atoms with Crippen LogP contribution in [-0.2, 0) is 0 Å². The van der Waals surface area contributed by atoms with Crippen LogP contribution in [0.5, 0.6) is 23.0 Å². The first-order chi connectivity index (χ1) is 12.8. The lowest BCUT2D eigenvalue weighted by atomic mass is 10.1. The van der Waals surface area contributed by atoms with Crippen molar-refractivity contribution >= 4 is 28.7 Å². The number of carboxylic acid groups (broad SMARTS) is 1. The van der Waals surface area contributed by atoms with E-state index < -0.39 is 5.97 Å². The third-order valence-electron chi connectivity index (χ3n) is 3.71. The first kappa shape index (κ1) is 17.7. The van der Waals surface area contributed by atoms with Gasteiger partial charge in [-0.05, 0) is 48.5 Å². The SMILES string of the molecule is Nc1ccc(Oc2cccc(C(=O)O)c2Oc2ccc(N)cc2N)c(N)c1. The van der Waals surface area contributed by atoms with E-state index in [4.69, 9.17) is 32.4 Å². The standard InChI is InChI=1S/C19H18N4O4/c20-10-4-6-15(13(22)8-10)26-17-3-1-2-12(19(24)25)18(17)27-16-7-5-11(21)9-14(16)23/h1-9H,20-23H2,(H,24,25). The molecule has 0 amide bonds. The third-order valence-corrected chi connectivity index (χ3v) is 3.71. The average Bonchev–Trinajstić information content (AvgIpc) is 2.60. The van der Waals surface area contributed by atoms with E-state index in [9.17, 15) is 9.90 Å². The highest BCUT2D eigenvalue weighted by Crippen LogP contribution is 2.41. The van der Waals surface area contributed by atoms with Crippen LogP contribution >= 0.6 is 0 Å². The van der Waals surface area contributed by atoms with Gasteiger partial charge in [0.1, 0.15) is 5.56 Å². The molecule has 0 saturated carbocycles. The number of hydrogen-bond acceptors (Lipinski definition) is 7. The number of anilines is 4. The van der Waals surface area contributed by atoms with Crippen LogP contribution in [0.2, 0.25) is 0 Å². The van der Waals surface area contributed by atoms with Crippen molar-refractivity contribution in [1.82, 2.24) is 0 Å². The van der Waals surface area contributed by atoms with Crippen molar-refractivity contribution in [3.8, 4) is 23.0 Å². The molecule has 0 atom stereocenters. The minimum absolute atomic E-state index is 0.0160. The van der Waals surface area contributed by atoms with Gasteiger partial charge >= 0.3 is 5.97 Å². The lowest BCUT2D eigenvalue weighted by Crippen LogP contribution is -2.03. The molecule has 0 bridgehead atoms. The quantitative estimate of drug-likeness (QED) is 0.430. The molecule has 0 fully saturated rings. The fourth-order valence-corrected chi connectivity index (χ4v) is 2.42. The maximum atomic E-state index is 11.6. The highest BCUT2D eigenvalue weighted by Gasteiger charge is 2.19. The average molecular weight is 366 g/mol. The van der Waals surface area contributed by atoms with Crippen LogP contribution in [0.15, 0.2) is 54.6 Å². The zero-order valence-electron chi connectivity index (χ0n) is 14.2. The monoisotopic (exact) mass is 366 g/mol. The predicted molar refractivity (Wildman–Crippen MR) is 104 cm³/mol. The summed E-state index contributed by atoms with van der Waals surface area (Å²) in [5, 5.41) is 9.51. The van der Waals surface area contributed by atoms with E-state index in [1.165, 1.54) is 24.3 Å². The van der Waals surface area contributed by atoms with Crippen molar-refractivity contribution in [3.63, 3.8) is 0 Å². The molecule has 0 saturated heterocycles.